The van der Waals surface area contributed by atoms with Crippen LogP contribution < -0.4 is 5.32 Å². The molecule has 0 bridgehead atoms. The van der Waals surface area contributed by atoms with Crippen molar-refractivity contribution in [2.45, 2.75) is 12.8 Å². The van der Waals surface area contributed by atoms with Gasteiger partial charge in [0.2, 0.25) is 0 Å². The molecule has 0 fully saturated rings. The summed E-state index contributed by atoms with van der Waals surface area (Å²) in [6.07, 6.45) is 0. The minimum atomic E-state index is 0.249. The van der Waals surface area contributed by atoms with Gasteiger partial charge in [0.1, 0.15) is 5.75 Å². The molecule has 1 aromatic heterocycles. The van der Waals surface area contributed by atoms with Gasteiger partial charge in [0, 0.05) is 18.3 Å². The molecule has 2 aromatic rings. The number of nitrogens with zero attached hydrogens (tertiary/aromatic N) is 1. The van der Waals surface area contributed by atoms with E-state index in [-0.39, 0.29) is 5.92 Å². The largest absolute Gasteiger partial charge is 0.508 e. The predicted octanol–water partition coefficient (Wildman–Crippen LogP) is 3.04. The Labute approximate surface area is 98.8 Å². The van der Waals surface area contributed by atoms with Gasteiger partial charge in [-0.25, -0.2) is 4.98 Å². The molecule has 0 amide bonds. The quantitative estimate of drug-likeness (QED) is 0.858. The van der Waals surface area contributed by atoms with Crippen molar-refractivity contribution >= 4 is 16.5 Å². The van der Waals surface area contributed by atoms with Crippen LogP contribution in [-0.4, -0.2) is 17.1 Å². The third kappa shape index (κ3) is 2.17. The second-order valence-corrected chi connectivity index (χ2v) is 4.50. The maximum atomic E-state index is 9.23. The van der Waals surface area contributed by atoms with Gasteiger partial charge in [0.05, 0.1) is 5.69 Å². The van der Waals surface area contributed by atoms with Crippen LogP contribution in [0.5, 0.6) is 5.75 Å². The molecule has 2 rings (SSSR count). The Kier molecular flexibility index (Phi) is 3.10. The van der Waals surface area contributed by atoms with Crippen LogP contribution in [0.4, 0.5) is 5.13 Å². The van der Waals surface area contributed by atoms with Crippen molar-refractivity contribution in [1.82, 2.24) is 4.98 Å². The highest BCUT2D eigenvalue weighted by Crippen LogP contribution is 2.27. The molecule has 0 saturated carbocycles. The van der Waals surface area contributed by atoms with Crippen LogP contribution >= 0.6 is 11.3 Å². The van der Waals surface area contributed by atoms with Gasteiger partial charge in [0.25, 0.3) is 0 Å². The Morgan fingerprint density at radius 3 is 2.56 bits per heavy atom. The fourth-order valence-electron chi connectivity index (χ4n) is 1.53. The van der Waals surface area contributed by atoms with E-state index in [0.29, 0.717) is 5.75 Å². The number of nitrogens with one attached hydrogen (secondary N) is 1. The van der Waals surface area contributed by atoms with Crippen LogP contribution in [0, 0.1) is 0 Å². The third-order valence-electron chi connectivity index (χ3n) is 2.57. The van der Waals surface area contributed by atoms with E-state index in [1.54, 1.807) is 23.5 Å². The number of rotatable bonds is 3. The third-order valence-corrected chi connectivity index (χ3v) is 3.45. The Hall–Kier alpha value is -1.55. The van der Waals surface area contributed by atoms with E-state index >= 15 is 0 Å². The average Bonchev–Trinajstić information content (AvgIpc) is 2.77. The molecule has 1 heterocycles. The molecule has 0 saturated heterocycles. The van der Waals surface area contributed by atoms with E-state index < -0.39 is 0 Å². The Morgan fingerprint density at radius 1 is 1.31 bits per heavy atom. The molecule has 1 unspecified atom stereocenters. The fraction of sp³-hybridized carbons (Fsp3) is 0.250. The summed E-state index contributed by atoms with van der Waals surface area (Å²) >= 11 is 1.60. The average molecular weight is 234 g/mol. The molecule has 4 heteroatoms. The van der Waals surface area contributed by atoms with E-state index in [2.05, 4.69) is 22.6 Å². The minimum Gasteiger partial charge on any atom is -0.508 e. The topological polar surface area (TPSA) is 45.2 Å². The molecule has 0 aliphatic rings. The van der Waals surface area contributed by atoms with Crippen molar-refractivity contribution in [1.29, 1.82) is 0 Å². The van der Waals surface area contributed by atoms with Gasteiger partial charge in [-0.15, -0.1) is 11.3 Å². The van der Waals surface area contributed by atoms with Gasteiger partial charge in [0.15, 0.2) is 5.13 Å². The molecule has 0 spiro atoms. The number of thiazole rings is 1. The van der Waals surface area contributed by atoms with Crippen molar-refractivity contribution in [3.63, 3.8) is 0 Å². The van der Waals surface area contributed by atoms with Crippen LogP contribution in [0.3, 0.4) is 0 Å². The number of hydrogen-bond donors (Lipinski definition) is 2. The number of aromatic nitrogens is 1. The summed E-state index contributed by atoms with van der Waals surface area (Å²) in [4.78, 5) is 4.47. The van der Waals surface area contributed by atoms with E-state index in [1.165, 1.54) is 0 Å². The maximum absolute atomic E-state index is 9.23. The van der Waals surface area contributed by atoms with Crippen molar-refractivity contribution < 1.29 is 5.11 Å². The standard InChI is InChI=1S/C12H14N2OS/c1-8(9-3-5-10(15)6-4-9)11-7-16-12(13-2)14-11/h3-8,15H,1-2H3,(H,13,14). The van der Waals surface area contributed by atoms with Gasteiger partial charge in [-0.1, -0.05) is 19.1 Å². The number of benzene rings is 1. The zero-order valence-corrected chi connectivity index (χ0v) is 10.1. The number of aromatic hydroxyl groups is 1. The summed E-state index contributed by atoms with van der Waals surface area (Å²) in [6, 6.07) is 7.27. The highest BCUT2D eigenvalue weighted by atomic mass is 32.1. The normalized spacial score (nSPS) is 12.4. The van der Waals surface area contributed by atoms with Crippen molar-refractivity contribution in [2.75, 3.05) is 12.4 Å². The lowest BCUT2D eigenvalue weighted by atomic mass is 9.99. The first-order chi connectivity index (χ1) is 7.70. The molecule has 84 valence electrons. The summed E-state index contributed by atoms with van der Waals surface area (Å²) in [5.74, 6) is 0.545. The summed E-state index contributed by atoms with van der Waals surface area (Å²) in [6.45, 7) is 2.11. The molecular formula is C12H14N2OS. The fourth-order valence-corrected chi connectivity index (χ4v) is 2.30. The summed E-state index contributed by atoms with van der Waals surface area (Å²) in [7, 11) is 1.87. The summed E-state index contributed by atoms with van der Waals surface area (Å²) in [5.41, 5.74) is 2.21. The molecule has 2 N–H and O–H groups in total. The van der Waals surface area contributed by atoms with Gasteiger partial charge in [-0.3, -0.25) is 0 Å². The van der Waals surface area contributed by atoms with E-state index in [1.807, 2.05) is 19.2 Å². The lowest BCUT2D eigenvalue weighted by Crippen LogP contribution is -1.96. The number of anilines is 1. The smallest absolute Gasteiger partial charge is 0.182 e. The number of hydrogen-bond acceptors (Lipinski definition) is 4. The van der Waals surface area contributed by atoms with Crippen LogP contribution in [0.15, 0.2) is 29.6 Å². The molecule has 0 radical (unpaired) electrons. The van der Waals surface area contributed by atoms with E-state index in [9.17, 15) is 5.11 Å². The van der Waals surface area contributed by atoms with Crippen molar-refractivity contribution in [3.8, 4) is 5.75 Å². The zero-order chi connectivity index (χ0) is 11.5. The van der Waals surface area contributed by atoms with Crippen molar-refractivity contribution in [3.05, 3.63) is 40.9 Å². The molecule has 3 nitrogen and oxygen atoms in total. The van der Waals surface area contributed by atoms with E-state index in [4.69, 9.17) is 0 Å². The first-order valence-electron chi connectivity index (χ1n) is 5.13. The molecule has 16 heavy (non-hydrogen) atoms. The van der Waals surface area contributed by atoms with Gasteiger partial charge >= 0.3 is 0 Å². The maximum Gasteiger partial charge on any atom is 0.182 e. The molecule has 0 aliphatic carbocycles. The summed E-state index contributed by atoms with van der Waals surface area (Å²) in [5, 5.41) is 15.2. The monoisotopic (exact) mass is 234 g/mol. The Bertz CT molecular complexity index is 464. The van der Waals surface area contributed by atoms with Gasteiger partial charge in [-0.2, -0.15) is 0 Å². The van der Waals surface area contributed by atoms with Crippen LogP contribution in [0.25, 0.3) is 0 Å². The Balaban J connectivity index is 2.24. The first kappa shape index (κ1) is 11.0. The molecule has 1 atom stereocenters. The molecule has 0 aliphatic heterocycles. The molecule has 1 aromatic carbocycles. The first-order valence-corrected chi connectivity index (χ1v) is 6.01. The second-order valence-electron chi connectivity index (χ2n) is 3.64. The van der Waals surface area contributed by atoms with Crippen LogP contribution in [0.2, 0.25) is 0 Å². The minimum absolute atomic E-state index is 0.249. The molecular weight excluding hydrogens is 220 g/mol. The zero-order valence-electron chi connectivity index (χ0n) is 9.27. The van der Waals surface area contributed by atoms with Crippen molar-refractivity contribution in [2.24, 2.45) is 0 Å². The highest BCUT2D eigenvalue weighted by molar-refractivity contribution is 7.13. The van der Waals surface area contributed by atoms with E-state index in [0.717, 1.165) is 16.4 Å². The predicted molar refractivity (Wildman–Crippen MR) is 67.3 cm³/mol. The summed E-state index contributed by atoms with van der Waals surface area (Å²) < 4.78 is 0. The van der Waals surface area contributed by atoms with Gasteiger partial charge < -0.3 is 10.4 Å². The van der Waals surface area contributed by atoms with Crippen LogP contribution in [-0.2, 0) is 0 Å². The number of phenolic OH excluding ortho intramolecular Hbond substituents is 1. The SMILES string of the molecule is CNc1nc(C(C)c2ccc(O)cc2)cs1. The Morgan fingerprint density at radius 2 is 2.00 bits per heavy atom. The number of phenols is 1. The van der Waals surface area contributed by atoms with Crippen LogP contribution in [0.1, 0.15) is 24.1 Å². The van der Waals surface area contributed by atoms with Gasteiger partial charge in [-0.05, 0) is 17.7 Å². The second kappa shape index (κ2) is 4.53. The lowest BCUT2D eigenvalue weighted by molar-refractivity contribution is 0.475. The lowest BCUT2D eigenvalue weighted by Gasteiger charge is -2.08. The highest BCUT2D eigenvalue weighted by Gasteiger charge is 2.11.